The zero-order chi connectivity index (χ0) is 20.1. The number of halogens is 1. The summed E-state index contributed by atoms with van der Waals surface area (Å²) in [5.74, 6) is 0.00720. The first kappa shape index (κ1) is 20.2. The van der Waals surface area contributed by atoms with Gasteiger partial charge in [0.2, 0.25) is 0 Å². The van der Waals surface area contributed by atoms with Crippen molar-refractivity contribution in [1.29, 1.82) is 0 Å². The van der Waals surface area contributed by atoms with E-state index in [1.165, 1.54) is 12.7 Å². The summed E-state index contributed by atoms with van der Waals surface area (Å²) in [6.45, 7) is 2.05. The number of esters is 1. The molecule has 144 valence electrons. The van der Waals surface area contributed by atoms with E-state index in [1.54, 1.807) is 17.8 Å². The number of aryl methyl sites for hydroxylation is 1. The second-order valence-corrected chi connectivity index (χ2v) is 7.81. The Labute approximate surface area is 175 Å². The number of hydrogen-bond donors (Lipinski definition) is 2. The van der Waals surface area contributed by atoms with Gasteiger partial charge in [-0.3, -0.25) is 9.89 Å². The molecule has 0 saturated carbocycles. The van der Waals surface area contributed by atoms with Crippen molar-refractivity contribution in [3.05, 3.63) is 75.4 Å². The number of nitrogens with zero attached hydrogens (tertiary/aromatic N) is 1. The van der Waals surface area contributed by atoms with Gasteiger partial charge < -0.3 is 10.1 Å². The lowest BCUT2D eigenvalue weighted by Crippen LogP contribution is -2.14. The highest BCUT2D eigenvalue weighted by atomic mass is 79.9. The van der Waals surface area contributed by atoms with Gasteiger partial charge in [0.1, 0.15) is 0 Å². The van der Waals surface area contributed by atoms with Crippen LogP contribution >= 0.6 is 27.7 Å². The number of aromatic nitrogens is 2. The van der Waals surface area contributed by atoms with E-state index < -0.39 is 5.97 Å². The molecule has 0 spiro atoms. The van der Waals surface area contributed by atoms with Crippen molar-refractivity contribution < 1.29 is 14.3 Å². The Morgan fingerprint density at radius 3 is 2.75 bits per heavy atom. The predicted octanol–water partition coefficient (Wildman–Crippen LogP) is 4.81. The summed E-state index contributed by atoms with van der Waals surface area (Å²) in [5, 5.41) is 9.26. The van der Waals surface area contributed by atoms with Gasteiger partial charge in [0.05, 0.1) is 11.6 Å². The molecule has 3 rings (SSSR count). The molecule has 0 bridgehead atoms. The maximum absolute atomic E-state index is 12.8. The Morgan fingerprint density at radius 2 is 2.00 bits per heavy atom. The Morgan fingerprint density at radius 1 is 1.21 bits per heavy atom. The normalized spacial score (nSPS) is 10.5. The maximum Gasteiger partial charge on any atom is 0.357 e. The molecule has 2 N–H and O–H groups in total. The van der Waals surface area contributed by atoms with Crippen LogP contribution in [0.15, 0.2) is 57.9 Å². The van der Waals surface area contributed by atoms with Crippen molar-refractivity contribution in [3.8, 4) is 0 Å². The van der Waals surface area contributed by atoms with E-state index in [9.17, 15) is 9.59 Å². The highest BCUT2D eigenvalue weighted by molar-refractivity contribution is 9.10. The fraction of sp³-hybridized carbons (Fsp3) is 0.150. The van der Waals surface area contributed by atoms with Crippen LogP contribution in [-0.4, -0.2) is 29.2 Å². The first-order chi connectivity index (χ1) is 13.5. The summed E-state index contributed by atoms with van der Waals surface area (Å²) in [6.07, 6.45) is 0. The smallest absolute Gasteiger partial charge is 0.357 e. The highest BCUT2D eigenvalue weighted by Crippen LogP contribution is 2.27. The van der Waals surface area contributed by atoms with Crippen molar-refractivity contribution in [3.63, 3.8) is 0 Å². The van der Waals surface area contributed by atoms with Gasteiger partial charge in [-0.25, -0.2) is 4.79 Å². The molecular weight excluding hydrogens is 442 g/mol. The van der Waals surface area contributed by atoms with E-state index in [2.05, 4.69) is 61.3 Å². The molecule has 28 heavy (non-hydrogen) atoms. The van der Waals surface area contributed by atoms with Crippen molar-refractivity contribution in [2.45, 2.75) is 17.6 Å². The largest absolute Gasteiger partial charge is 0.464 e. The highest BCUT2D eigenvalue weighted by Gasteiger charge is 2.20. The van der Waals surface area contributed by atoms with Crippen molar-refractivity contribution in [2.24, 2.45) is 0 Å². The van der Waals surface area contributed by atoms with Crippen LogP contribution in [0.2, 0.25) is 0 Å². The molecule has 0 fully saturated rings. The molecule has 3 aromatic rings. The number of thioether (sulfide) groups is 1. The number of amides is 1. The number of anilines is 1. The molecule has 0 aliphatic carbocycles. The van der Waals surface area contributed by atoms with E-state index in [1.807, 2.05) is 24.3 Å². The number of nitrogens with one attached hydrogen (secondary N) is 2. The minimum atomic E-state index is -0.574. The molecule has 0 saturated heterocycles. The number of carbonyl (C=O) groups excluding carboxylic acids is 2. The summed E-state index contributed by atoms with van der Waals surface area (Å²) >= 11 is 4.93. The second kappa shape index (κ2) is 9.07. The average molecular weight is 460 g/mol. The molecule has 8 heteroatoms. The molecule has 0 radical (unpaired) electrons. The van der Waals surface area contributed by atoms with Gasteiger partial charge in [0.15, 0.2) is 11.5 Å². The van der Waals surface area contributed by atoms with E-state index in [-0.39, 0.29) is 17.4 Å². The van der Waals surface area contributed by atoms with Crippen LogP contribution in [0, 0.1) is 6.92 Å². The van der Waals surface area contributed by atoms with Crippen molar-refractivity contribution in [1.82, 2.24) is 10.2 Å². The Kier molecular flexibility index (Phi) is 6.53. The third kappa shape index (κ3) is 4.63. The van der Waals surface area contributed by atoms with E-state index in [4.69, 9.17) is 0 Å². The number of rotatable bonds is 6. The van der Waals surface area contributed by atoms with Crippen molar-refractivity contribution >= 4 is 45.4 Å². The standard InChI is InChI=1S/C20H18BrN3O3S/c1-12-6-5-8-14(10-12)28-11-13-7-3-4-9-15(13)19(25)22-18-16(21)17(23-24-18)20(26)27-2/h3-10H,11H2,1-2H3,(H2,22,23,24,25). The molecule has 0 atom stereocenters. The van der Waals surface area contributed by atoms with E-state index in [0.717, 1.165) is 10.5 Å². The van der Waals surface area contributed by atoms with Gasteiger partial charge in [-0.2, -0.15) is 5.10 Å². The summed E-state index contributed by atoms with van der Waals surface area (Å²) in [5.41, 5.74) is 2.80. The number of methoxy groups -OCH3 is 1. The third-order valence-electron chi connectivity index (χ3n) is 3.97. The summed E-state index contributed by atoms with van der Waals surface area (Å²) < 4.78 is 5.01. The van der Waals surface area contributed by atoms with Crippen LogP contribution in [0.25, 0.3) is 0 Å². The zero-order valence-corrected chi connectivity index (χ0v) is 17.7. The molecule has 0 aliphatic heterocycles. The number of hydrogen-bond acceptors (Lipinski definition) is 5. The maximum atomic E-state index is 12.8. The van der Waals surface area contributed by atoms with Crippen LogP contribution in [0.4, 0.5) is 5.82 Å². The number of benzene rings is 2. The first-order valence-corrected chi connectivity index (χ1v) is 10.2. The molecular formula is C20H18BrN3O3S. The van der Waals surface area contributed by atoms with Gasteiger partial charge in [0.25, 0.3) is 5.91 Å². The fourth-order valence-electron chi connectivity index (χ4n) is 2.56. The number of aromatic amines is 1. The number of ether oxygens (including phenoxy) is 1. The molecule has 0 aliphatic rings. The van der Waals surface area contributed by atoms with Crippen LogP contribution in [0.3, 0.4) is 0 Å². The summed E-state index contributed by atoms with van der Waals surface area (Å²) in [7, 11) is 1.27. The van der Waals surface area contributed by atoms with Gasteiger partial charge in [-0.05, 0) is 46.6 Å². The average Bonchev–Trinajstić information content (AvgIpc) is 3.06. The van der Waals surface area contributed by atoms with Gasteiger partial charge in [-0.1, -0.05) is 35.9 Å². The van der Waals surface area contributed by atoms with Crippen LogP contribution < -0.4 is 5.32 Å². The quantitative estimate of drug-likeness (QED) is 0.408. The van der Waals surface area contributed by atoms with Crippen LogP contribution in [0.5, 0.6) is 0 Å². The van der Waals surface area contributed by atoms with Crippen LogP contribution in [0.1, 0.15) is 32.0 Å². The summed E-state index contributed by atoms with van der Waals surface area (Å²) in [4.78, 5) is 25.6. The minimum Gasteiger partial charge on any atom is -0.464 e. The fourth-order valence-corrected chi connectivity index (χ4v) is 4.01. The molecule has 6 nitrogen and oxygen atoms in total. The molecule has 1 aromatic heterocycles. The molecule has 1 amide bonds. The molecule has 2 aromatic carbocycles. The lowest BCUT2D eigenvalue weighted by molar-refractivity contribution is 0.0592. The summed E-state index contributed by atoms with van der Waals surface area (Å²) in [6, 6.07) is 15.6. The zero-order valence-electron chi connectivity index (χ0n) is 15.3. The second-order valence-electron chi connectivity index (χ2n) is 5.97. The molecule has 1 heterocycles. The van der Waals surface area contributed by atoms with E-state index in [0.29, 0.717) is 15.8 Å². The lowest BCUT2D eigenvalue weighted by Gasteiger charge is -2.09. The Bertz CT molecular complexity index is 1020. The Hall–Kier alpha value is -2.58. The third-order valence-corrected chi connectivity index (χ3v) is 5.79. The number of H-pyrrole nitrogens is 1. The monoisotopic (exact) mass is 459 g/mol. The van der Waals surface area contributed by atoms with Crippen molar-refractivity contribution in [2.75, 3.05) is 12.4 Å². The topological polar surface area (TPSA) is 84.1 Å². The van der Waals surface area contributed by atoms with E-state index >= 15 is 0 Å². The lowest BCUT2D eigenvalue weighted by atomic mass is 10.1. The predicted molar refractivity (Wildman–Crippen MR) is 113 cm³/mol. The van der Waals surface area contributed by atoms with Gasteiger partial charge in [0, 0.05) is 16.2 Å². The molecule has 0 unspecified atom stereocenters. The SMILES string of the molecule is COC(=O)c1[nH]nc(NC(=O)c2ccccc2CSc2cccc(C)c2)c1Br. The van der Waals surface area contributed by atoms with Gasteiger partial charge in [-0.15, -0.1) is 11.8 Å². The van der Waals surface area contributed by atoms with Gasteiger partial charge >= 0.3 is 5.97 Å². The first-order valence-electron chi connectivity index (χ1n) is 8.40. The van der Waals surface area contributed by atoms with Crippen LogP contribution in [-0.2, 0) is 10.5 Å². The minimum absolute atomic E-state index is 0.140. The Balaban J connectivity index is 1.76. The number of carbonyl (C=O) groups is 2.